The van der Waals surface area contributed by atoms with E-state index in [4.69, 9.17) is 50.1 Å². The molecule has 6 fully saturated rings. The highest BCUT2D eigenvalue weighted by atomic mass is 32.3. The molecule has 1 aromatic carbocycles. The van der Waals surface area contributed by atoms with Gasteiger partial charge in [0.25, 0.3) is 5.69 Å². The molecular formula is C61H97N9O27S2. The normalized spacial score (nSPS) is 20.4. The van der Waals surface area contributed by atoms with Gasteiger partial charge in [-0.05, 0) is 160 Å². The number of carbonyl (C=O) groups is 10. The topological polar surface area (TPSA) is 436 Å². The number of hydroxylamine groups is 4. The number of urea groups is 2. The highest BCUT2D eigenvalue weighted by Gasteiger charge is 2.52. The number of rotatable bonds is 24. The van der Waals surface area contributed by atoms with E-state index in [1.165, 1.54) is 80.5 Å². The van der Waals surface area contributed by atoms with E-state index in [2.05, 4.69) is 16.0 Å². The largest absolute Gasteiger partial charge is 0.516 e. The van der Waals surface area contributed by atoms with E-state index >= 15 is 0 Å². The van der Waals surface area contributed by atoms with Gasteiger partial charge in [-0.25, -0.2) is 27.5 Å². The SMILES string of the molecule is C.CC(OC(=O)Oc1ccc([N+](=O)[O-])cc1)OC(=O)C(C)(C)C.CCOC(=O)C(C)(C)COS(=O)(=O)ON1C(=O)N2C[C@@H]1CC[C@H]2C(=O)NC1CCN(C(=O)OC(C)OC(=O)C(C)(C)C)CC1.CCOC(=O)C(C)(C)COS(=O)(=O)ON1C(=O)N2C[C@H]1CC[C@H]2C(=O)NC1CCNCC1. The van der Waals surface area contributed by atoms with E-state index in [-0.39, 0.29) is 69.6 Å². The van der Waals surface area contributed by atoms with E-state index in [0.29, 0.717) is 50.3 Å². The molecule has 560 valence electrons. The van der Waals surface area contributed by atoms with E-state index < -0.39 is 151 Å². The average molecular weight is 1450 g/mol. The van der Waals surface area contributed by atoms with Gasteiger partial charge in [-0.15, -0.1) is 8.57 Å². The van der Waals surface area contributed by atoms with E-state index in [1.54, 1.807) is 55.4 Å². The molecule has 6 aliphatic heterocycles. The maximum Gasteiger partial charge on any atom is 0.516 e. The van der Waals surface area contributed by atoms with Crippen molar-refractivity contribution in [1.29, 1.82) is 0 Å². The lowest BCUT2D eigenvalue weighted by Gasteiger charge is -2.35. The quantitative estimate of drug-likeness (QED) is 0.0296. The average Bonchev–Trinajstić information content (AvgIpc) is 1.63. The van der Waals surface area contributed by atoms with E-state index in [0.717, 1.165) is 31.0 Å². The lowest BCUT2D eigenvalue weighted by atomic mass is 9.95. The molecule has 4 bridgehead atoms. The van der Waals surface area contributed by atoms with Gasteiger partial charge in [0.05, 0.1) is 65.1 Å². The molecule has 36 nitrogen and oxygen atoms in total. The third-order valence-electron chi connectivity index (χ3n) is 15.7. The van der Waals surface area contributed by atoms with Gasteiger partial charge in [0.2, 0.25) is 24.4 Å². The zero-order valence-electron chi connectivity index (χ0n) is 57.7. The number of hydrogen-bond donors (Lipinski definition) is 3. The molecule has 2 unspecified atom stereocenters. The molecule has 0 aromatic heterocycles. The number of nitro benzene ring substituents is 1. The number of ether oxygens (including phenoxy) is 7. The van der Waals surface area contributed by atoms with Gasteiger partial charge in [0, 0.05) is 64.2 Å². The summed E-state index contributed by atoms with van der Waals surface area (Å²) in [5, 5.41) is 21.1. The molecule has 7 amide bonds. The number of benzene rings is 1. The van der Waals surface area contributed by atoms with Crippen molar-refractivity contribution in [3.8, 4) is 5.75 Å². The zero-order chi connectivity index (χ0) is 73.5. The first-order valence-electron chi connectivity index (χ1n) is 32.0. The minimum Gasteiger partial charge on any atom is -0.466 e. The maximum atomic E-state index is 13.2. The van der Waals surface area contributed by atoms with Crippen LogP contribution in [0.3, 0.4) is 0 Å². The predicted molar refractivity (Wildman–Crippen MR) is 344 cm³/mol. The second-order valence-corrected chi connectivity index (χ2v) is 29.5. The Morgan fingerprint density at radius 3 is 1.36 bits per heavy atom. The summed E-state index contributed by atoms with van der Waals surface area (Å²) in [6.07, 6.45) is 0.0574. The number of amides is 7. The molecule has 99 heavy (non-hydrogen) atoms. The first-order valence-corrected chi connectivity index (χ1v) is 34.7. The van der Waals surface area contributed by atoms with Crippen LogP contribution in [0, 0.1) is 31.8 Å². The van der Waals surface area contributed by atoms with Gasteiger partial charge in [-0.3, -0.25) is 38.9 Å². The summed E-state index contributed by atoms with van der Waals surface area (Å²) in [6.45, 7) is 23.7. The summed E-state index contributed by atoms with van der Waals surface area (Å²) < 4.78 is 104. The Labute approximate surface area is 576 Å². The van der Waals surface area contributed by atoms with Crippen molar-refractivity contribution < 1.29 is 120 Å². The fourth-order valence-electron chi connectivity index (χ4n) is 10.0. The zero-order valence-corrected chi connectivity index (χ0v) is 59.3. The molecule has 6 heterocycles. The van der Waals surface area contributed by atoms with Crippen LogP contribution in [0.5, 0.6) is 5.75 Å². The fraction of sp³-hybridized carbons (Fsp3) is 0.738. The van der Waals surface area contributed by atoms with Crippen LogP contribution in [0.25, 0.3) is 0 Å². The van der Waals surface area contributed by atoms with Gasteiger partial charge in [0.1, 0.15) is 17.8 Å². The van der Waals surface area contributed by atoms with Crippen LogP contribution in [-0.4, -0.2) is 221 Å². The number of piperidine rings is 4. The number of nitro groups is 1. The van der Waals surface area contributed by atoms with Crippen LogP contribution >= 0.6 is 0 Å². The van der Waals surface area contributed by atoms with Crippen LogP contribution in [0.1, 0.15) is 156 Å². The Morgan fingerprint density at radius 1 is 0.586 bits per heavy atom. The molecule has 38 heteroatoms. The number of non-ortho nitro benzene ring substituents is 1. The van der Waals surface area contributed by atoms with Crippen molar-refractivity contribution in [2.24, 2.45) is 21.7 Å². The fourth-order valence-corrected chi connectivity index (χ4v) is 11.8. The standard InChI is InChI=1S/C27H44N4O12S.C19H32N4O8S.C14H17NO7.CH4/c1-8-39-23(34)27(6,7)16-40-44(37,38)43-31-19-9-10-20(30(15-19)24(31)35)21(32)28-18-11-13-29(14-12-18)25(36)42-17(2)41-22(33)26(3,4)5;1-4-29-17(25)19(2,3)12-30-32(27,28)31-23-14-5-6-15(22(11-14)18(23)26)16(24)21-13-7-9-20-10-8-13;1-9(20-12(16)14(2,3)4)21-13(17)22-11-7-5-10(6-8-11)15(18)19;/h17-20H,8-16H2,1-7H3,(H,28,32);13-15,20H,4-12H2,1-3H3,(H,21,24);5-9H,1-4H3;1H4/t17?,19-,20-;14-,15+;;/m01../s1. The third kappa shape index (κ3) is 24.8. The van der Waals surface area contributed by atoms with Crippen LogP contribution in [0.15, 0.2) is 24.3 Å². The Bertz CT molecular complexity index is 3260. The van der Waals surface area contributed by atoms with Crippen LogP contribution < -0.4 is 20.7 Å². The Kier molecular flexibility index (Phi) is 30.0. The van der Waals surface area contributed by atoms with Gasteiger partial charge in [-0.2, -0.15) is 27.0 Å². The van der Waals surface area contributed by atoms with Crippen molar-refractivity contribution in [2.45, 2.75) is 205 Å². The second-order valence-electron chi connectivity index (χ2n) is 27.1. The molecule has 0 saturated carbocycles. The van der Waals surface area contributed by atoms with Crippen LogP contribution in [-0.2, 0) is 94.9 Å². The van der Waals surface area contributed by atoms with Crippen molar-refractivity contribution in [3.63, 3.8) is 0 Å². The van der Waals surface area contributed by atoms with Crippen molar-refractivity contribution in [1.82, 2.24) is 40.8 Å². The minimum atomic E-state index is -4.71. The summed E-state index contributed by atoms with van der Waals surface area (Å²) in [6, 6.07) is 0.564. The lowest BCUT2D eigenvalue weighted by molar-refractivity contribution is -0.384. The van der Waals surface area contributed by atoms with Gasteiger partial charge < -0.3 is 63.8 Å². The molecule has 0 aliphatic carbocycles. The first kappa shape index (κ1) is 83.6. The molecular weight excluding hydrogens is 1350 g/mol. The van der Waals surface area contributed by atoms with Gasteiger partial charge in [-0.1, -0.05) is 7.43 Å². The summed E-state index contributed by atoms with van der Waals surface area (Å²) in [5.74, 6) is -2.84. The van der Waals surface area contributed by atoms with E-state index in [9.17, 15) is 74.9 Å². The first-order chi connectivity index (χ1) is 45.5. The number of hydrogen-bond acceptors (Lipinski definition) is 28. The number of esters is 4. The number of fused-ring (bicyclic) bond motifs is 4. The van der Waals surface area contributed by atoms with E-state index in [1.807, 2.05) is 0 Å². The molecule has 6 aliphatic rings. The molecule has 3 N–H and O–H groups in total. The highest BCUT2D eigenvalue weighted by Crippen LogP contribution is 2.34. The summed E-state index contributed by atoms with van der Waals surface area (Å²) in [7, 11) is -9.32. The number of nitrogens with zero attached hydrogens (tertiary/aromatic N) is 6. The molecule has 0 radical (unpaired) electrons. The Hall–Kier alpha value is -7.78. The van der Waals surface area contributed by atoms with Crippen molar-refractivity contribution >= 4 is 86.5 Å². The molecule has 7 rings (SSSR count). The highest BCUT2D eigenvalue weighted by molar-refractivity contribution is 7.82. The van der Waals surface area contributed by atoms with Crippen LogP contribution in [0.2, 0.25) is 0 Å². The van der Waals surface area contributed by atoms with Crippen molar-refractivity contribution in [2.75, 3.05) is 65.7 Å². The molecule has 0 spiro atoms. The molecule has 6 atom stereocenters. The molecule has 6 saturated heterocycles. The third-order valence-corrected chi connectivity index (χ3v) is 17.2. The Balaban J connectivity index is 0.000000332. The minimum absolute atomic E-state index is 0. The predicted octanol–water partition coefficient (Wildman–Crippen LogP) is 5.28. The summed E-state index contributed by atoms with van der Waals surface area (Å²) in [5.41, 5.74) is -4.09. The van der Waals surface area contributed by atoms with Crippen molar-refractivity contribution in [3.05, 3.63) is 34.4 Å². The van der Waals surface area contributed by atoms with Gasteiger partial charge >= 0.3 is 69.0 Å². The van der Waals surface area contributed by atoms with Crippen LogP contribution in [0.4, 0.5) is 24.9 Å². The summed E-state index contributed by atoms with van der Waals surface area (Å²) >= 11 is 0. The number of carbonyl (C=O) groups excluding carboxylic acids is 10. The van der Waals surface area contributed by atoms with Gasteiger partial charge in [0.15, 0.2) is 0 Å². The second kappa shape index (κ2) is 35.5. The number of likely N-dealkylation sites (tertiary alicyclic amines) is 1. The number of nitrogens with one attached hydrogen (secondary N) is 3. The Morgan fingerprint density at radius 2 is 0.980 bits per heavy atom. The maximum absolute atomic E-state index is 13.2. The monoisotopic (exact) mass is 1450 g/mol. The summed E-state index contributed by atoms with van der Waals surface area (Å²) in [4.78, 5) is 137. The lowest BCUT2D eigenvalue weighted by Crippen LogP contribution is -2.54. The molecule has 1 aromatic rings. The smallest absolute Gasteiger partial charge is 0.466 e.